The highest BCUT2D eigenvalue weighted by Gasteiger charge is 2.51. The number of rotatable bonds is 4. The van der Waals surface area contributed by atoms with Crippen LogP contribution in [0.15, 0.2) is 48.7 Å². The van der Waals surface area contributed by atoms with E-state index in [1.54, 1.807) is 18.3 Å². The number of nitrogens with zero attached hydrogens (tertiary/aromatic N) is 3. The summed E-state index contributed by atoms with van der Waals surface area (Å²) >= 11 is 0. The number of nitrogen functional groups attached to an aromatic ring is 1. The highest BCUT2D eigenvalue weighted by Crippen LogP contribution is 2.30. The smallest absolute Gasteiger partial charge is 0.325 e. The minimum absolute atomic E-state index is 0.269. The summed E-state index contributed by atoms with van der Waals surface area (Å²) in [6.45, 7) is 1.83. The summed E-state index contributed by atoms with van der Waals surface area (Å²) in [5.74, 6) is -0.557. The number of aromatic nitrogens is 1. The van der Waals surface area contributed by atoms with Gasteiger partial charge in [-0.3, -0.25) is 4.79 Å². The number of pyridine rings is 1. The third kappa shape index (κ3) is 3.35. The van der Waals surface area contributed by atoms with Gasteiger partial charge >= 0.3 is 6.03 Å². The van der Waals surface area contributed by atoms with Gasteiger partial charge in [-0.1, -0.05) is 30.3 Å². The largest absolute Gasteiger partial charge is 0.384 e. The maximum atomic E-state index is 12.5. The van der Waals surface area contributed by atoms with Crippen LogP contribution < -0.4 is 11.1 Å². The summed E-state index contributed by atoms with van der Waals surface area (Å²) < 4.78 is 0. The molecule has 0 spiro atoms. The number of anilines is 1. The predicted molar refractivity (Wildman–Crippen MR) is 95.5 cm³/mol. The molecular formula is C19H19N5O2. The molecule has 3 N–H and O–H groups in total. The van der Waals surface area contributed by atoms with Crippen molar-refractivity contribution in [3.8, 4) is 6.07 Å². The van der Waals surface area contributed by atoms with E-state index in [9.17, 15) is 14.9 Å². The molecule has 2 heterocycles. The fourth-order valence-electron chi connectivity index (χ4n) is 3.08. The summed E-state index contributed by atoms with van der Waals surface area (Å²) in [5.41, 5.74) is 7.38. The van der Waals surface area contributed by atoms with E-state index < -0.39 is 18.0 Å². The van der Waals surface area contributed by atoms with Gasteiger partial charge in [-0.25, -0.2) is 14.7 Å². The Labute approximate surface area is 151 Å². The molecule has 0 saturated carbocycles. The van der Waals surface area contributed by atoms with Crippen molar-refractivity contribution < 1.29 is 9.59 Å². The molecule has 3 atom stereocenters. The average molecular weight is 349 g/mol. The second-order valence-corrected chi connectivity index (χ2v) is 6.26. The number of likely N-dealkylation sites (tertiary alicyclic amines) is 1. The zero-order valence-electron chi connectivity index (χ0n) is 14.3. The molecule has 132 valence electrons. The van der Waals surface area contributed by atoms with Crippen LogP contribution in [0.5, 0.6) is 0 Å². The number of urea groups is 1. The van der Waals surface area contributed by atoms with Gasteiger partial charge in [-0.2, -0.15) is 5.26 Å². The highest BCUT2D eigenvalue weighted by atomic mass is 16.2. The van der Waals surface area contributed by atoms with E-state index in [4.69, 9.17) is 5.73 Å². The van der Waals surface area contributed by atoms with Crippen molar-refractivity contribution in [1.29, 1.82) is 5.26 Å². The van der Waals surface area contributed by atoms with Crippen LogP contribution in [0.25, 0.3) is 0 Å². The Morgan fingerprint density at radius 1 is 1.38 bits per heavy atom. The standard InChI is InChI=1S/C19H19N5O2/c1-12(14-5-3-2-4-6-14)23-19(26)24-16(11-20)15(18(24)25)9-13-7-8-22-17(21)10-13/h2-8,10,12,15-16H,9H2,1H3,(H2,21,22)(H,23,26)/t12-,15?,16-/m1/s1. The Morgan fingerprint density at radius 2 is 2.12 bits per heavy atom. The van der Waals surface area contributed by atoms with Crippen molar-refractivity contribution >= 4 is 17.8 Å². The van der Waals surface area contributed by atoms with Gasteiger partial charge in [0.2, 0.25) is 5.91 Å². The number of hydrogen-bond acceptors (Lipinski definition) is 5. The van der Waals surface area contributed by atoms with E-state index in [0.29, 0.717) is 12.2 Å². The van der Waals surface area contributed by atoms with Crippen molar-refractivity contribution in [2.45, 2.75) is 25.4 Å². The molecular weight excluding hydrogens is 330 g/mol. The molecule has 0 bridgehead atoms. The molecule has 2 aromatic rings. The first kappa shape index (κ1) is 17.4. The van der Waals surface area contributed by atoms with Crippen molar-refractivity contribution in [3.63, 3.8) is 0 Å². The predicted octanol–water partition coefficient (Wildman–Crippen LogP) is 2.03. The van der Waals surface area contributed by atoms with Crippen molar-refractivity contribution in [1.82, 2.24) is 15.2 Å². The first-order valence-electron chi connectivity index (χ1n) is 8.29. The number of imide groups is 1. The number of hydrogen-bond donors (Lipinski definition) is 2. The molecule has 7 nitrogen and oxygen atoms in total. The molecule has 1 aliphatic rings. The fourth-order valence-corrected chi connectivity index (χ4v) is 3.08. The van der Waals surface area contributed by atoms with Gasteiger partial charge in [0.25, 0.3) is 0 Å². The molecule has 3 rings (SSSR count). The van der Waals surface area contributed by atoms with Crippen LogP contribution >= 0.6 is 0 Å². The SMILES string of the molecule is C[C@@H](NC(=O)N1C(=O)C(Cc2ccnc(N)c2)[C@H]1C#N)c1ccccc1. The lowest BCUT2D eigenvalue weighted by Crippen LogP contribution is -2.65. The summed E-state index contributed by atoms with van der Waals surface area (Å²) in [6.07, 6.45) is 1.91. The van der Waals surface area contributed by atoms with Crippen LogP contribution in [0.1, 0.15) is 24.1 Å². The molecule has 26 heavy (non-hydrogen) atoms. The Balaban J connectivity index is 1.66. The van der Waals surface area contributed by atoms with Gasteiger partial charge in [-0.05, 0) is 36.6 Å². The molecule has 0 radical (unpaired) electrons. The minimum atomic E-state index is -0.792. The number of β-lactam (4-membered cyclic amide) rings is 1. The lowest BCUT2D eigenvalue weighted by atomic mass is 9.83. The van der Waals surface area contributed by atoms with E-state index >= 15 is 0 Å². The topological polar surface area (TPSA) is 112 Å². The van der Waals surface area contributed by atoms with E-state index in [1.165, 1.54) is 0 Å². The second-order valence-electron chi connectivity index (χ2n) is 6.26. The maximum Gasteiger partial charge on any atom is 0.325 e. The van der Waals surface area contributed by atoms with Gasteiger partial charge in [0.05, 0.1) is 18.0 Å². The van der Waals surface area contributed by atoms with E-state index in [2.05, 4.69) is 16.4 Å². The van der Waals surface area contributed by atoms with Crippen LogP contribution in [-0.2, 0) is 11.2 Å². The van der Waals surface area contributed by atoms with Crippen LogP contribution in [0.4, 0.5) is 10.6 Å². The van der Waals surface area contributed by atoms with E-state index in [-0.39, 0.29) is 11.9 Å². The molecule has 1 aromatic heterocycles. The van der Waals surface area contributed by atoms with Gasteiger partial charge < -0.3 is 11.1 Å². The van der Waals surface area contributed by atoms with Crippen molar-refractivity contribution in [2.75, 3.05) is 5.73 Å². The average Bonchev–Trinajstić information content (AvgIpc) is 2.64. The van der Waals surface area contributed by atoms with Crippen LogP contribution in [-0.4, -0.2) is 27.9 Å². The summed E-state index contributed by atoms with van der Waals surface area (Å²) in [5, 5.41) is 12.2. The zero-order valence-corrected chi connectivity index (χ0v) is 14.3. The third-order valence-corrected chi connectivity index (χ3v) is 4.51. The van der Waals surface area contributed by atoms with Crippen molar-refractivity contribution in [3.05, 3.63) is 59.8 Å². The summed E-state index contributed by atoms with van der Waals surface area (Å²) in [7, 11) is 0. The Bertz CT molecular complexity index is 862. The normalized spacial score (nSPS) is 20.0. The third-order valence-electron chi connectivity index (χ3n) is 4.51. The number of carbonyl (C=O) groups is 2. The molecule has 1 fully saturated rings. The summed E-state index contributed by atoms with van der Waals surface area (Å²) in [6, 6.07) is 13.3. The zero-order chi connectivity index (χ0) is 18.7. The second kappa shape index (κ2) is 7.23. The number of nitrogens with two attached hydrogens (primary N) is 1. The first-order valence-corrected chi connectivity index (χ1v) is 8.29. The molecule has 7 heteroatoms. The van der Waals surface area contributed by atoms with E-state index in [1.807, 2.05) is 37.3 Å². The van der Waals surface area contributed by atoms with Crippen molar-refractivity contribution in [2.24, 2.45) is 5.92 Å². The first-order chi connectivity index (χ1) is 12.5. The molecule has 3 amide bonds. The molecule has 1 saturated heterocycles. The lowest BCUT2D eigenvalue weighted by molar-refractivity contribution is -0.146. The van der Waals surface area contributed by atoms with Crippen LogP contribution in [0.3, 0.4) is 0 Å². The maximum absolute atomic E-state index is 12.5. The van der Waals surface area contributed by atoms with Gasteiger partial charge in [-0.15, -0.1) is 0 Å². The number of nitriles is 1. The van der Waals surface area contributed by atoms with Crippen LogP contribution in [0.2, 0.25) is 0 Å². The van der Waals surface area contributed by atoms with Gasteiger partial charge in [0.1, 0.15) is 11.9 Å². The number of amides is 3. The Morgan fingerprint density at radius 3 is 2.77 bits per heavy atom. The molecule has 1 aromatic carbocycles. The molecule has 0 aliphatic carbocycles. The quantitative estimate of drug-likeness (QED) is 0.820. The molecule has 1 unspecified atom stereocenters. The van der Waals surface area contributed by atoms with Gasteiger partial charge in [0.15, 0.2) is 0 Å². The number of carbonyl (C=O) groups excluding carboxylic acids is 2. The number of benzene rings is 1. The highest BCUT2D eigenvalue weighted by molar-refractivity contribution is 6.02. The fraction of sp³-hybridized carbons (Fsp3) is 0.263. The Hall–Kier alpha value is -3.40. The van der Waals surface area contributed by atoms with Crippen LogP contribution in [0, 0.1) is 17.2 Å². The Kier molecular flexibility index (Phi) is 4.85. The summed E-state index contributed by atoms with van der Waals surface area (Å²) in [4.78, 5) is 29.8. The minimum Gasteiger partial charge on any atom is -0.384 e. The molecule has 1 aliphatic heterocycles. The lowest BCUT2D eigenvalue weighted by Gasteiger charge is -2.42. The van der Waals surface area contributed by atoms with E-state index in [0.717, 1.165) is 16.0 Å². The van der Waals surface area contributed by atoms with Gasteiger partial charge in [0, 0.05) is 6.20 Å². The monoisotopic (exact) mass is 349 g/mol. The number of nitrogens with one attached hydrogen (secondary N) is 1.